The molecule has 5 heteroatoms. The molecule has 2 heterocycles. The average molecular weight is 273 g/mol. The Morgan fingerprint density at radius 2 is 2.15 bits per heavy atom. The van der Waals surface area contributed by atoms with E-state index in [0.717, 1.165) is 25.1 Å². The molecule has 1 fully saturated rings. The van der Waals surface area contributed by atoms with Crippen molar-refractivity contribution in [3.05, 3.63) is 29.3 Å². The third-order valence-corrected chi connectivity index (χ3v) is 4.03. The molecule has 0 saturated carbocycles. The fourth-order valence-corrected chi connectivity index (χ4v) is 2.72. The van der Waals surface area contributed by atoms with Crippen molar-refractivity contribution >= 4 is 17.5 Å². The van der Waals surface area contributed by atoms with Crippen LogP contribution in [-0.4, -0.2) is 54.8 Å². The fraction of sp³-hybridized carbons (Fsp3) is 0.467. The van der Waals surface area contributed by atoms with E-state index in [1.54, 1.807) is 16.8 Å². The summed E-state index contributed by atoms with van der Waals surface area (Å²) in [5.74, 6) is -0.0379. The Morgan fingerprint density at radius 1 is 1.30 bits per heavy atom. The molecule has 2 aliphatic heterocycles. The summed E-state index contributed by atoms with van der Waals surface area (Å²) in [6, 6.07) is 5.79. The Balaban J connectivity index is 1.79. The van der Waals surface area contributed by atoms with Gasteiger partial charge in [-0.15, -0.1) is 0 Å². The van der Waals surface area contributed by atoms with Crippen LogP contribution < -0.4 is 5.32 Å². The number of anilines is 1. The lowest BCUT2D eigenvalue weighted by Crippen LogP contribution is -2.50. The van der Waals surface area contributed by atoms with Crippen molar-refractivity contribution in [1.82, 2.24) is 9.80 Å². The number of rotatable bonds is 1. The minimum absolute atomic E-state index is 0.00391. The highest BCUT2D eigenvalue weighted by atomic mass is 16.2. The first-order chi connectivity index (χ1) is 9.65. The predicted molar refractivity (Wildman–Crippen MR) is 76.8 cm³/mol. The van der Waals surface area contributed by atoms with Crippen LogP contribution >= 0.6 is 0 Å². The van der Waals surface area contributed by atoms with Gasteiger partial charge in [-0.25, -0.2) is 0 Å². The summed E-state index contributed by atoms with van der Waals surface area (Å²) in [5, 5.41) is 3.34. The number of aryl methyl sites for hydroxylation is 1. The topological polar surface area (TPSA) is 52.6 Å². The van der Waals surface area contributed by atoms with Crippen molar-refractivity contribution in [3.63, 3.8) is 0 Å². The van der Waals surface area contributed by atoms with Crippen LogP contribution in [0.3, 0.4) is 0 Å². The molecule has 0 radical (unpaired) electrons. The maximum Gasteiger partial charge on any atom is 0.254 e. The van der Waals surface area contributed by atoms with Crippen molar-refractivity contribution in [2.24, 2.45) is 0 Å². The Bertz CT molecular complexity index is 556. The molecule has 3 rings (SSSR count). The zero-order chi connectivity index (χ0) is 14.1. The Labute approximate surface area is 118 Å². The average Bonchev–Trinajstić information content (AvgIpc) is 2.49. The van der Waals surface area contributed by atoms with Gasteiger partial charge in [0, 0.05) is 37.9 Å². The highest BCUT2D eigenvalue weighted by Gasteiger charge is 2.26. The fourth-order valence-electron chi connectivity index (χ4n) is 2.72. The van der Waals surface area contributed by atoms with Gasteiger partial charge in [0.2, 0.25) is 5.91 Å². The van der Waals surface area contributed by atoms with E-state index >= 15 is 0 Å². The van der Waals surface area contributed by atoms with Crippen molar-refractivity contribution in [1.29, 1.82) is 0 Å². The molecule has 0 aromatic heterocycles. The number of benzene rings is 1. The molecule has 1 saturated heterocycles. The first kappa shape index (κ1) is 13.0. The SMILES string of the molecule is CN1CCN(C(=O)c2ccc3c(c2)CCCN3)CC1=O. The van der Waals surface area contributed by atoms with Crippen molar-refractivity contribution < 1.29 is 9.59 Å². The predicted octanol–water partition coefficient (Wildman–Crippen LogP) is 0.959. The number of nitrogens with zero attached hydrogens (tertiary/aromatic N) is 2. The molecule has 106 valence electrons. The zero-order valence-electron chi connectivity index (χ0n) is 11.7. The number of carbonyl (C=O) groups excluding carboxylic acids is 2. The minimum atomic E-state index is -0.0418. The van der Waals surface area contributed by atoms with E-state index in [9.17, 15) is 9.59 Å². The molecule has 0 unspecified atom stereocenters. The van der Waals surface area contributed by atoms with Gasteiger partial charge in [0.1, 0.15) is 6.54 Å². The van der Waals surface area contributed by atoms with Gasteiger partial charge in [0.05, 0.1) is 0 Å². The summed E-state index contributed by atoms with van der Waals surface area (Å²) in [5.41, 5.74) is 3.01. The summed E-state index contributed by atoms with van der Waals surface area (Å²) in [4.78, 5) is 27.5. The van der Waals surface area contributed by atoms with Gasteiger partial charge in [0.15, 0.2) is 0 Å². The summed E-state index contributed by atoms with van der Waals surface area (Å²) < 4.78 is 0. The molecule has 0 bridgehead atoms. The lowest BCUT2D eigenvalue weighted by Gasteiger charge is -2.32. The molecule has 0 spiro atoms. The van der Waals surface area contributed by atoms with E-state index in [2.05, 4.69) is 5.32 Å². The molecular formula is C15H19N3O2. The van der Waals surface area contributed by atoms with Gasteiger partial charge in [-0.05, 0) is 36.6 Å². The maximum atomic E-state index is 12.5. The molecule has 1 N–H and O–H groups in total. The third-order valence-electron chi connectivity index (χ3n) is 4.03. The van der Waals surface area contributed by atoms with Gasteiger partial charge in [-0.2, -0.15) is 0 Å². The monoisotopic (exact) mass is 273 g/mol. The first-order valence-corrected chi connectivity index (χ1v) is 7.05. The van der Waals surface area contributed by atoms with E-state index in [0.29, 0.717) is 18.7 Å². The number of carbonyl (C=O) groups is 2. The van der Waals surface area contributed by atoms with E-state index < -0.39 is 0 Å². The number of piperazine rings is 1. The van der Waals surface area contributed by atoms with Crippen LogP contribution in [0, 0.1) is 0 Å². The second-order valence-electron chi connectivity index (χ2n) is 5.44. The third kappa shape index (κ3) is 2.35. The lowest BCUT2D eigenvalue weighted by molar-refractivity contribution is -0.133. The van der Waals surface area contributed by atoms with Crippen LogP contribution in [0.4, 0.5) is 5.69 Å². The zero-order valence-corrected chi connectivity index (χ0v) is 11.7. The first-order valence-electron chi connectivity index (χ1n) is 7.05. The molecule has 20 heavy (non-hydrogen) atoms. The number of fused-ring (bicyclic) bond motifs is 1. The van der Waals surface area contributed by atoms with Crippen LogP contribution in [0.15, 0.2) is 18.2 Å². The summed E-state index contributed by atoms with van der Waals surface area (Å²) >= 11 is 0. The Hall–Kier alpha value is -2.04. The van der Waals surface area contributed by atoms with E-state index in [1.165, 1.54) is 5.56 Å². The second kappa shape index (κ2) is 5.15. The molecule has 1 aromatic carbocycles. The highest BCUT2D eigenvalue weighted by Crippen LogP contribution is 2.23. The number of hydrogen-bond donors (Lipinski definition) is 1. The van der Waals surface area contributed by atoms with Gasteiger partial charge in [0.25, 0.3) is 5.91 Å². The van der Waals surface area contributed by atoms with E-state index in [1.807, 2.05) is 18.2 Å². The standard InChI is InChI=1S/C15H19N3O2/c1-17-7-8-18(10-14(17)19)15(20)12-4-5-13-11(9-12)3-2-6-16-13/h4-5,9,16H,2-3,6-8,10H2,1H3. The van der Waals surface area contributed by atoms with Crippen LogP contribution in [-0.2, 0) is 11.2 Å². The molecular weight excluding hydrogens is 254 g/mol. The molecule has 5 nitrogen and oxygen atoms in total. The highest BCUT2D eigenvalue weighted by molar-refractivity contribution is 5.97. The van der Waals surface area contributed by atoms with Crippen LogP contribution in [0.5, 0.6) is 0 Å². The summed E-state index contributed by atoms with van der Waals surface area (Å²) in [7, 11) is 1.77. The second-order valence-corrected chi connectivity index (χ2v) is 5.44. The van der Waals surface area contributed by atoms with E-state index in [4.69, 9.17) is 0 Å². The van der Waals surface area contributed by atoms with Gasteiger partial charge in [-0.1, -0.05) is 0 Å². The summed E-state index contributed by atoms with van der Waals surface area (Å²) in [6.45, 7) is 2.39. The lowest BCUT2D eigenvalue weighted by atomic mass is 10.00. The van der Waals surface area contributed by atoms with Gasteiger partial charge >= 0.3 is 0 Å². The molecule has 0 aliphatic carbocycles. The van der Waals surface area contributed by atoms with Crippen LogP contribution in [0.25, 0.3) is 0 Å². The van der Waals surface area contributed by atoms with Gasteiger partial charge < -0.3 is 15.1 Å². The van der Waals surface area contributed by atoms with E-state index in [-0.39, 0.29) is 18.4 Å². The largest absolute Gasteiger partial charge is 0.385 e. The van der Waals surface area contributed by atoms with Gasteiger partial charge in [-0.3, -0.25) is 9.59 Å². The molecule has 2 amide bonds. The number of likely N-dealkylation sites (N-methyl/N-ethyl adjacent to an activating group) is 1. The normalized spacial score (nSPS) is 18.6. The smallest absolute Gasteiger partial charge is 0.254 e. The Morgan fingerprint density at radius 3 is 2.95 bits per heavy atom. The number of amides is 2. The maximum absolute atomic E-state index is 12.5. The summed E-state index contributed by atoms with van der Waals surface area (Å²) in [6.07, 6.45) is 2.10. The molecule has 0 atom stereocenters. The molecule has 1 aromatic rings. The number of nitrogens with one attached hydrogen (secondary N) is 1. The van der Waals surface area contributed by atoms with Crippen molar-refractivity contribution in [2.45, 2.75) is 12.8 Å². The Kier molecular flexibility index (Phi) is 3.34. The minimum Gasteiger partial charge on any atom is -0.385 e. The van der Waals surface area contributed by atoms with Crippen molar-refractivity contribution in [3.8, 4) is 0 Å². The van der Waals surface area contributed by atoms with Crippen molar-refractivity contribution in [2.75, 3.05) is 38.5 Å². The van der Waals surface area contributed by atoms with Crippen LogP contribution in [0.1, 0.15) is 22.3 Å². The quantitative estimate of drug-likeness (QED) is 0.829. The molecule has 2 aliphatic rings. The van der Waals surface area contributed by atoms with Crippen LogP contribution in [0.2, 0.25) is 0 Å². The number of hydrogen-bond acceptors (Lipinski definition) is 3.